The van der Waals surface area contributed by atoms with Gasteiger partial charge < -0.3 is 15.8 Å². The highest BCUT2D eigenvalue weighted by Crippen LogP contribution is 2.25. The summed E-state index contributed by atoms with van der Waals surface area (Å²) in [5.74, 6) is -1.85. The van der Waals surface area contributed by atoms with Crippen molar-refractivity contribution in [2.45, 2.75) is 6.92 Å². The van der Waals surface area contributed by atoms with Gasteiger partial charge in [-0.15, -0.1) is 0 Å². The molecule has 0 atom stereocenters. The van der Waals surface area contributed by atoms with Crippen LogP contribution < -0.4 is 11.1 Å². The molecule has 7 heteroatoms. The molecule has 0 saturated carbocycles. The van der Waals surface area contributed by atoms with Crippen molar-refractivity contribution in [3.8, 4) is 0 Å². The molecule has 2 rings (SSSR count). The van der Waals surface area contributed by atoms with Crippen molar-refractivity contribution in [1.82, 2.24) is 10.3 Å². The lowest BCUT2D eigenvalue weighted by Gasteiger charge is -2.09. The van der Waals surface area contributed by atoms with Gasteiger partial charge in [-0.2, -0.15) is 0 Å². The van der Waals surface area contributed by atoms with Gasteiger partial charge in [0.15, 0.2) is 0 Å². The van der Waals surface area contributed by atoms with Gasteiger partial charge >= 0.3 is 5.97 Å². The molecular weight excluding hydrogens is 277 g/mol. The fraction of sp³-hybridized carbons (Fsp3) is 0.214. The standard InChI is InChI=1S/C14H14FN3O3/c1-2-21-11(19)7-18-14(20)13-12-8(5-6-17-13)10(16)4-3-9(12)15/h3-6H,2,7,16H2,1H3,(H,18,20). The topological polar surface area (TPSA) is 94.3 Å². The largest absolute Gasteiger partial charge is 0.465 e. The third-order valence-corrected chi connectivity index (χ3v) is 2.82. The molecule has 6 nitrogen and oxygen atoms in total. The molecule has 1 heterocycles. The summed E-state index contributed by atoms with van der Waals surface area (Å²) in [6.45, 7) is 1.56. The number of carbonyl (C=O) groups excluding carboxylic acids is 2. The van der Waals surface area contributed by atoms with Crippen LogP contribution >= 0.6 is 0 Å². The predicted octanol–water partition coefficient (Wildman–Crippen LogP) is 1.25. The molecule has 0 saturated heterocycles. The van der Waals surface area contributed by atoms with Crippen molar-refractivity contribution in [1.29, 1.82) is 0 Å². The third kappa shape index (κ3) is 3.07. The monoisotopic (exact) mass is 291 g/mol. The molecule has 21 heavy (non-hydrogen) atoms. The van der Waals surface area contributed by atoms with Crippen molar-refractivity contribution in [2.75, 3.05) is 18.9 Å². The first kappa shape index (κ1) is 14.7. The van der Waals surface area contributed by atoms with E-state index in [1.54, 1.807) is 6.92 Å². The normalized spacial score (nSPS) is 10.4. The SMILES string of the molecule is CCOC(=O)CNC(=O)c1nccc2c(N)ccc(F)c12. The first-order valence-corrected chi connectivity index (χ1v) is 6.31. The van der Waals surface area contributed by atoms with E-state index in [9.17, 15) is 14.0 Å². The summed E-state index contributed by atoms with van der Waals surface area (Å²) in [7, 11) is 0. The Morgan fingerprint density at radius 3 is 2.86 bits per heavy atom. The molecular formula is C14H14FN3O3. The number of esters is 1. The maximum Gasteiger partial charge on any atom is 0.325 e. The summed E-state index contributed by atoms with van der Waals surface area (Å²) in [6, 6.07) is 4.11. The van der Waals surface area contributed by atoms with Gasteiger partial charge in [-0.05, 0) is 25.1 Å². The predicted molar refractivity (Wildman–Crippen MR) is 75.1 cm³/mol. The molecule has 1 aromatic heterocycles. The molecule has 0 fully saturated rings. The number of rotatable bonds is 4. The molecule has 0 aliphatic carbocycles. The first-order valence-electron chi connectivity index (χ1n) is 6.31. The third-order valence-electron chi connectivity index (χ3n) is 2.82. The Hall–Kier alpha value is -2.70. The molecule has 110 valence electrons. The molecule has 1 amide bonds. The van der Waals surface area contributed by atoms with Crippen molar-refractivity contribution in [3.63, 3.8) is 0 Å². The summed E-state index contributed by atoms with van der Waals surface area (Å²) in [6.07, 6.45) is 1.36. The number of hydrogen-bond acceptors (Lipinski definition) is 5. The molecule has 0 radical (unpaired) electrons. The number of anilines is 1. The van der Waals surface area contributed by atoms with Gasteiger partial charge in [0.25, 0.3) is 5.91 Å². The molecule has 0 unspecified atom stereocenters. The van der Waals surface area contributed by atoms with Crippen LogP contribution in [0.2, 0.25) is 0 Å². The van der Waals surface area contributed by atoms with E-state index in [2.05, 4.69) is 10.3 Å². The number of fused-ring (bicyclic) bond motifs is 1. The highest BCUT2D eigenvalue weighted by molar-refractivity contribution is 6.08. The summed E-state index contributed by atoms with van der Waals surface area (Å²) >= 11 is 0. The van der Waals surface area contributed by atoms with Gasteiger partial charge in [-0.3, -0.25) is 14.6 Å². The van der Waals surface area contributed by atoms with Crippen LogP contribution in [0.15, 0.2) is 24.4 Å². The number of hydrogen-bond donors (Lipinski definition) is 2. The van der Waals surface area contributed by atoms with E-state index < -0.39 is 17.7 Å². The molecule has 0 aliphatic rings. The Kier molecular flexibility index (Phi) is 4.32. The minimum atomic E-state index is -0.668. The van der Waals surface area contributed by atoms with Gasteiger partial charge in [0.05, 0.1) is 12.0 Å². The van der Waals surface area contributed by atoms with Crippen molar-refractivity contribution < 1.29 is 18.7 Å². The number of amides is 1. The summed E-state index contributed by atoms with van der Waals surface area (Å²) in [4.78, 5) is 27.1. The smallest absolute Gasteiger partial charge is 0.325 e. The molecule has 3 N–H and O–H groups in total. The molecule has 0 aliphatic heterocycles. The maximum atomic E-state index is 13.9. The van der Waals surface area contributed by atoms with E-state index in [1.165, 1.54) is 24.4 Å². The van der Waals surface area contributed by atoms with Crippen LogP contribution in [0, 0.1) is 5.82 Å². The van der Waals surface area contributed by atoms with E-state index in [1.807, 2.05) is 0 Å². The van der Waals surface area contributed by atoms with Crippen LogP contribution in [0.3, 0.4) is 0 Å². The zero-order valence-corrected chi connectivity index (χ0v) is 11.4. The Bertz CT molecular complexity index is 703. The quantitative estimate of drug-likeness (QED) is 0.653. The van der Waals surface area contributed by atoms with Crippen LogP contribution in [0.5, 0.6) is 0 Å². The summed E-state index contributed by atoms with van der Waals surface area (Å²) < 4.78 is 18.6. The number of carbonyl (C=O) groups is 2. The summed E-state index contributed by atoms with van der Waals surface area (Å²) in [5, 5.41) is 2.76. The van der Waals surface area contributed by atoms with Crippen LogP contribution in [0.1, 0.15) is 17.4 Å². The van der Waals surface area contributed by atoms with Gasteiger partial charge in [0, 0.05) is 17.3 Å². The number of nitrogens with zero attached hydrogens (tertiary/aromatic N) is 1. The molecule has 1 aromatic carbocycles. The van der Waals surface area contributed by atoms with Crippen LogP contribution in [0.4, 0.5) is 10.1 Å². The lowest BCUT2D eigenvalue weighted by atomic mass is 10.1. The van der Waals surface area contributed by atoms with Crippen LogP contribution in [-0.4, -0.2) is 30.0 Å². The van der Waals surface area contributed by atoms with Crippen molar-refractivity contribution >= 4 is 28.3 Å². The Balaban J connectivity index is 2.32. The number of nitrogens with one attached hydrogen (secondary N) is 1. The zero-order valence-electron chi connectivity index (χ0n) is 11.4. The maximum absolute atomic E-state index is 13.9. The second-order valence-corrected chi connectivity index (χ2v) is 4.21. The minimum absolute atomic E-state index is 0.0267. The average Bonchev–Trinajstić information content (AvgIpc) is 2.48. The number of nitrogens with two attached hydrogens (primary N) is 1. The Labute approximate surface area is 120 Å². The first-order chi connectivity index (χ1) is 10.0. The molecule has 0 spiro atoms. The van der Waals surface area contributed by atoms with Crippen molar-refractivity contribution in [2.24, 2.45) is 0 Å². The number of pyridine rings is 1. The molecule has 0 bridgehead atoms. The van der Waals surface area contributed by atoms with Gasteiger partial charge in [0.1, 0.15) is 18.1 Å². The van der Waals surface area contributed by atoms with Crippen LogP contribution in [0.25, 0.3) is 10.8 Å². The lowest BCUT2D eigenvalue weighted by Crippen LogP contribution is -2.31. The highest BCUT2D eigenvalue weighted by atomic mass is 19.1. The number of aromatic nitrogens is 1. The highest BCUT2D eigenvalue weighted by Gasteiger charge is 2.17. The summed E-state index contributed by atoms with van der Waals surface area (Å²) in [5.41, 5.74) is 5.97. The van der Waals surface area contributed by atoms with E-state index in [0.29, 0.717) is 11.1 Å². The fourth-order valence-corrected chi connectivity index (χ4v) is 1.90. The molecule has 2 aromatic rings. The average molecular weight is 291 g/mol. The second-order valence-electron chi connectivity index (χ2n) is 4.21. The van der Waals surface area contributed by atoms with E-state index in [4.69, 9.17) is 10.5 Å². The Morgan fingerprint density at radius 2 is 2.14 bits per heavy atom. The number of ether oxygens (including phenoxy) is 1. The van der Waals surface area contributed by atoms with Crippen molar-refractivity contribution in [3.05, 3.63) is 35.9 Å². The fourth-order valence-electron chi connectivity index (χ4n) is 1.90. The van der Waals surface area contributed by atoms with Gasteiger partial charge in [-0.1, -0.05) is 0 Å². The van der Waals surface area contributed by atoms with Gasteiger partial charge in [-0.25, -0.2) is 4.39 Å². The Morgan fingerprint density at radius 1 is 1.38 bits per heavy atom. The van der Waals surface area contributed by atoms with E-state index in [0.717, 1.165) is 0 Å². The zero-order chi connectivity index (χ0) is 15.4. The minimum Gasteiger partial charge on any atom is -0.465 e. The van der Waals surface area contributed by atoms with E-state index in [-0.39, 0.29) is 24.2 Å². The number of benzene rings is 1. The second kappa shape index (κ2) is 6.17. The van der Waals surface area contributed by atoms with Gasteiger partial charge in [0.2, 0.25) is 0 Å². The van der Waals surface area contributed by atoms with Crippen LogP contribution in [-0.2, 0) is 9.53 Å². The number of halogens is 1. The van der Waals surface area contributed by atoms with E-state index >= 15 is 0 Å². The number of nitrogen functional groups attached to an aromatic ring is 1. The lowest BCUT2D eigenvalue weighted by molar-refractivity contribution is -0.141.